The van der Waals surface area contributed by atoms with E-state index in [9.17, 15) is 9.59 Å². The Hall–Kier alpha value is -1.84. The SMILES string of the molecule is CCC(OC(=O)CC(C)CCC(C)C)C(=O)OCc1cccc(C(C)C)c1. The largest absolute Gasteiger partial charge is 0.458 e. The molecule has 152 valence electrons. The van der Waals surface area contributed by atoms with Crippen LogP contribution < -0.4 is 0 Å². The number of carbonyl (C=O) groups is 2. The van der Waals surface area contributed by atoms with Crippen molar-refractivity contribution in [3.63, 3.8) is 0 Å². The first-order valence-electron chi connectivity index (χ1n) is 10.2. The predicted molar refractivity (Wildman–Crippen MR) is 108 cm³/mol. The molecular weight excluding hydrogens is 340 g/mol. The lowest BCUT2D eigenvalue weighted by atomic mass is 9.97. The lowest BCUT2D eigenvalue weighted by Gasteiger charge is -2.17. The third-order valence-electron chi connectivity index (χ3n) is 4.66. The van der Waals surface area contributed by atoms with E-state index >= 15 is 0 Å². The van der Waals surface area contributed by atoms with E-state index in [1.807, 2.05) is 32.0 Å². The Bertz CT molecular complexity index is 592. The molecule has 1 rings (SSSR count). The number of benzene rings is 1. The summed E-state index contributed by atoms with van der Waals surface area (Å²) in [6.07, 6.45) is 2.00. The average Bonchev–Trinajstić information content (AvgIpc) is 2.62. The molecule has 0 aromatic heterocycles. The smallest absolute Gasteiger partial charge is 0.347 e. The second-order valence-electron chi connectivity index (χ2n) is 8.17. The zero-order valence-corrected chi connectivity index (χ0v) is 17.8. The quantitative estimate of drug-likeness (QED) is 0.469. The van der Waals surface area contributed by atoms with Crippen molar-refractivity contribution < 1.29 is 19.1 Å². The molecule has 0 radical (unpaired) electrons. The molecule has 0 saturated carbocycles. The summed E-state index contributed by atoms with van der Waals surface area (Å²) in [5.74, 6) is 0.499. The van der Waals surface area contributed by atoms with Gasteiger partial charge in [-0.15, -0.1) is 0 Å². The first-order chi connectivity index (χ1) is 12.7. The summed E-state index contributed by atoms with van der Waals surface area (Å²) >= 11 is 0. The van der Waals surface area contributed by atoms with Gasteiger partial charge in [-0.3, -0.25) is 4.79 Å². The molecule has 0 saturated heterocycles. The van der Waals surface area contributed by atoms with Gasteiger partial charge in [0, 0.05) is 6.42 Å². The van der Waals surface area contributed by atoms with Crippen LogP contribution in [0, 0.1) is 11.8 Å². The third-order valence-corrected chi connectivity index (χ3v) is 4.66. The number of rotatable bonds is 11. The predicted octanol–water partition coefficient (Wildman–Crippen LogP) is 5.64. The minimum atomic E-state index is -0.830. The van der Waals surface area contributed by atoms with Crippen LogP contribution in [-0.2, 0) is 25.7 Å². The Morgan fingerprint density at radius 1 is 1.04 bits per heavy atom. The summed E-state index contributed by atoms with van der Waals surface area (Å²) in [5, 5.41) is 0. The van der Waals surface area contributed by atoms with Gasteiger partial charge in [0.15, 0.2) is 6.10 Å². The van der Waals surface area contributed by atoms with E-state index in [0.717, 1.165) is 18.4 Å². The number of carbonyl (C=O) groups excluding carboxylic acids is 2. The van der Waals surface area contributed by atoms with Crippen LogP contribution in [0.5, 0.6) is 0 Å². The molecule has 0 aliphatic rings. The van der Waals surface area contributed by atoms with Gasteiger partial charge in [0.25, 0.3) is 0 Å². The van der Waals surface area contributed by atoms with Crippen LogP contribution in [-0.4, -0.2) is 18.0 Å². The van der Waals surface area contributed by atoms with Crippen molar-refractivity contribution in [2.45, 2.75) is 85.9 Å². The van der Waals surface area contributed by atoms with E-state index in [1.165, 1.54) is 5.56 Å². The maximum absolute atomic E-state index is 12.3. The molecule has 0 amide bonds. The molecule has 4 nitrogen and oxygen atoms in total. The van der Waals surface area contributed by atoms with Gasteiger partial charge in [0.1, 0.15) is 6.61 Å². The molecule has 2 atom stereocenters. The Kier molecular flexibility index (Phi) is 10.1. The van der Waals surface area contributed by atoms with Gasteiger partial charge in [0.05, 0.1) is 0 Å². The normalized spacial score (nSPS) is 13.5. The summed E-state index contributed by atoms with van der Waals surface area (Å²) < 4.78 is 10.8. The Labute approximate surface area is 164 Å². The minimum absolute atomic E-state index is 0.193. The second kappa shape index (κ2) is 11.8. The van der Waals surface area contributed by atoms with Crippen molar-refractivity contribution in [3.8, 4) is 0 Å². The van der Waals surface area contributed by atoms with Crippen LogP contribution in [0.2, 0.25) is 0 Å². The van der Waals surface area contributed by atoms with Crippen molar-refractivity contribution >= 4 is 11.9 Å². The number of ether oxygens (including phenoxy) is 2. The van der Waals surface area contributed by atoms with E-state index in [2.05, 4.69) is 33.8 Å². The van der Waals surface area contributed by atoms with Gasteiger partial charge >= 0.3 is 11.9 Å². The molecule has 0 aliphatic carbocycles. The molecule has 0 N–H and O–H groups in total. The van der Waals surface area contributed by atoms with Crippen LogP contribution in [0.1, 0.15) is 84.3 Å². The fourth-order valence-electron chi connectivity index (χ4n) is 2.80. The molecule has 27 heavy (non-hydrogen) atoms. The van der Waals surface area contributed by atoms with Crippen molar-refractivity contribution in [1.29, 1.82) is 0 Å². The Morgan fingerprint density at radius 3 is 2.33 bits per heavy atom. The topological polar surface area (TPSA) is 52.6 Å². The summed E-state index contributed by atoms with van der Waals surface area (Å²) in [5.41, 5.74) is 2.15. The first kappa shape index (κ1) is 23.2. The summed E-state index contributed by atoms with van der Waals surface area (Å²) in [6.45, 7) is 12.7. The molecule has 2 unspecified atom stereocenters. The zero-order valence-electron chi connectivity index (χ0n) is 17.8. The van der Waals surface area contributed by atoms with E-state index in [-0.39, 0.29) is 18.5 Å². The van der Waals surface area contributed by atoms with Gasteiger partial charge in [-0.25, -0.2) is 4.79 Å². The average molecular weight is 377 g/mol. The number of esters is 2. The van der Waals surface area contributed by atoms with Crippen LogP contribution in [0.3, 0.4) is 0 Å². The Balaban J connectivity index is 2.49. The molecular formula is C23H36O4. The molecule has 0 fully saturated rings. The number of hydrogen-bond acceptors (Lipinski definition) is 4. The number of hydrogen-bond donors (Lipinski definition) is 0. The lowest BCUT2D eigenvalue weighted by Crippen LogP contribution is -2.29. The molecule has 0 aliphatic heterocycles. The summed E-state index contributed by atoms with van der Waals surface area (Å²) in [6, 6.07) is 8.01. The van der Waals surface area contributed by atoms with E-state index in [1.54, 1.807) is 0 Å². The second-order valence-corrected chi connectivity index (χ2v) is 8.17. The molecule has 0 heterocycles. The lowest BCUT2D eigenvalue weighted by molar-refractivity contribution is -0.169. The van der Waals surface area contributed by atoms with E-state index < -0.39 is 12.1 Å². The fraction of sp³-hybridized carbons (Fsp3) is 0.652. The Morgan fingerprint density at radius 2 is 1.74 bits per heavy atom. The van der Waals surface area contributed by atoms with Gasteiger partial charge < -0.3 is 9.47 Å². The maximum atomic E-state index is 12.3. The summed E-state index contributed by atoms with van der Waals surface area (Å²) in [4.78, 5) is 24.4. The highest BCUT2D eigenvalue weighted by molar-refractivity contribution is 5.79. The van der Waals surface area contributed by atoms with Crippen LogP contribution in [0.4, 0.5) is 0 Å². The van der Waals surface area contributed by atoms with Crippen molar-refractivity contribution in [1.82, 2.24) is 0 Å². The van der Waals surface area contributed by atoms with Gasteiger partial charge in [-0.1, -0.05) is 72.2 Å². The molecule has 1 aromatic rings. The summed E-state index contributed by atoms with van der Waals surface area (Å²) in [7, 11) is 0. The zero-order chi connectivity index (χ0) is 20.4. The molecule has 0 bridgehead atoms. The highest BCUT2D eigenvalue weighted by Gasteiger charge is 2.23. The molecule has 1 aromatic carbocycles. The highest BCUT2D eigenvalue weighted by Crippen LogP contribution is 2.18. The van der Waals surface area contributed by atoms with E-state index in [4.69, 9.17) is 9.47 Å². The van der Waals surface area contributed by atoms with Crippen molar-refractivity contribution in [2.75, 3.05) is 0 Å². The van der Waals surface area contributed by atoms with Crippen LogP contribution >= 0.6 is 0 Å². The molecule has 4 heteroatoms. The van der Waals surface area contributed by atoms with Gasteiger partial charge in [0.2, 0.25) is 0 Å². The van der Waals surface area contributed by atoms with Gasteiger partial charge in [-0.05, 0) is 41.7 Å². The van der Waals surface area contributed by atoms with Crippen LogP contribution in [0.25, 0.3) is 0 Å². The third kappa shape index (κ3) is 9.07. The molecule has 0 spiro atoms. The minimum Gasteiger partial charge on any atom is -0.458 e. The first-order valence-corrected chi connectivity index (χ1v) is 10.2. The standard InChI is InChI=1S/C23H36O4/c1-7-21(27-22(24)13-18(6)12-11-16(2)3)23(25)26-15-19-9-8-10-20(14-19)17(4)5/h8-10,14,16-18,21H,7,11-13,15H2,1-6H3. The monoisotopic (exact) mass is 376 g/mol. The van der Waals surface area contributed by atoms with Crippen LogP contribution in [0.15, 0.2) is 24.3 Å². The fourth-order valence-corrected chi connectivity index (χ4v) is 2.80. The highest BCUT2D eigenvalue weighted by atomic mass is 16.6. The van der Waals surface area contributed by atoms with Crippen molar-refractivity contribution in [2.24, 2.45) is 11.8 Å². The van der Waals surface area contributed by atoms with E-state index in [0.29, 0.717) is 24.7 Å². The maximum Gasteiger partial charge on any atom is 0.347 e. The van der Waals surface area contributed by atoms with Gasteiger partial charge in [-0.2, -0.15) is 0 Å². The van der Waals surface area contributed by atoms with Crippen molar-refractivity contribution in [3.05, 3.63) is 35.4 Å².